The Hall–Kier alpha value is -1.26. The zero-order valence-electron chi connectivity index (χ0n) is 13.8. The third-order valence-corrected chi connectivity index (χ3v) is 5.69. The number of likely N-dealkylation sites (tertiary alicyclic amines) is 2. The van der Waals surface area contributed by atoms with Crippen LogP contribution in [0.3, 0.4) is 0 Å². The lowest BCUT2D eigenvalue weighted by molar-refractivity contribution is 0.0317. The fourth-order valence-corrected chi connectivity index (χ4v) is 4.46. The molecule has 23 heavy (non-hydrogen) atoms. The van der Waals surface area contributed by atoms with E-state index in [1.165, 1.54) is 30.6 Å². The number of nitrogens with zero attached hydrogens (tertiary/aromatic N) is 2. The Morgan fingerprint density at radius 1 is 1.26 bits per heavy atom. The summed E-state index contributed by atoms with van der Waals surface area (Å²) in [5.41, 5.74) is 3.35. The van der Waals surface area contributed by atoms with Crippen molar-refractivity contribution in [2.24, 2.45) is 5.92 Å². The van der Waals surface area contributed by atoms with Gasteiger partial charge < -0.3 is 15.1 Å². The molecule has 0 bridgehead atoms. The predicted octanol–water partition coefficient (Wildman–Crippen LogP) is 2.63. The molecule has 126 valence electrons. The lowest BCUT2D eigenvalue weighted by Crippen LogP contribution is -2.53. The highest BCUT2D eigenvalue weighted by Gasteiger charge is 2.36. The highest BCUT2D eigenvalue weighted by atomic mass is 35.5. The number of anilines is 1. The number of rotatable bonds is 1. The van der Waals surface area contributed by atoms with Crippen molar-refractivity contribution in [3.8, 4) is 0 Å². The standard InChI is InChI=1S/C18H25N3O.ClH/c1-20-9-2-3-15-12-21(10-7-17(15)20)18(22)14-4-5-16-13(11-14)6-8-19-16;/h4-5,11,15,17,19H,2-3,6-10,12H2,1H3;1H. The van der Waals surface area contributed by atoms with Crippen LogP contribution in [0.15, 0.2) is 18.2 Å². The minimum Gasteiger partial charge on any atom is -0.384 e. The van der Waals surface area contributed by atoms with E-state index in [2.05, 4.69) is 34.3 Å². The summed E-state index contributed by atoms with van der Waals surface area (Å²) in [4.78, 5) is 17.4. The molecule has 2 atom stereocenters. The van der Waals surface area contributed by atoms with Gasteiger partial charge in [0, 0.05) is 36.9 Å². The molecule has 3 aliphatic rings. The highest BCUT2D eigenvalue weighted by Crippen LogP contribution is 2.31. The van der Waals surface area contributed by atoms with Crippen LogP contribution < -0.4 is 5.32 Å². The number of benzene rings is 1. The van der Waals surface area contributed by atoms with E-state index < -0.39 is 0 Å². The molecule has 0 radical (unpaired) electrons. The summed E-state index contributed by atoms with van der Waals surface area (Å²) < 4.78 is 0. The monoisotopic (exact) mass is 335 g/mol. The van der Waals surface area contributed by atoms with Gasteiger partial charge in [0.15, 0.2) is 0 Å². The van der Waals surface area contributed by atoms with E-state index in [1.54, 1.807) is 0 Å². The van der Waals surface area contributed by atoms with Gasteiger partial charge in [0.05, 0.1) is 0 Å². The van der Waals surface area contributed by atoms with Gasteiger partial charge in [-0.1, -0.05) is 0 Å². The van der Waals surface area contributed by atoms with Gasteiger partial charge >= 0.3 is 0 Å². The molecular weight excluding hydrogens is 310 g/mol. The van der Waals surface area contributed by atoms with E-state index >= 15 is 0 Å². The maximum absolute atomic E-state index is 12.8. The number of amides is 1. The highest BCUT2D eigenvalue weighted by molar-refractivity contribution is 5.95. The fraction of sp³-hybridized carbons (Fsp3) is 0.611. The van der Waals surface area contributed by atoms with Crippen molar-refractivity contribution >= 4 is 24.0 Å². The van der Waals surface area contributed by atoms with Crippen molar-refractivity contribution < 1.29 is 4.79 Å². The van der Waals surface area contributed by atoms with Crippen LogP contribution in [-0.4, -0.2) is 55.0 Å². The van der Waals surface area contributed by atoms with Crippen molar-refractivity contribution in [2.45, 2.75) is 31.7 Å². The van der Waals surface area contributed by atoms with Crippen LogP contribution in [0, 0.1) is 5.92 Å². The number of hydrogen-bond acceptors (Lipinski definition) is 3. The maximum atomic E-state index is 12.8. The van der Waals surface area contributed by atoms with Crippen molar-refractivity contribution in [3.63, 3.8) is 0 Å². The van der Waals surface area contributed by atoms with E-state index in [4.69, 9.17) is 0 Å². The number of halogens is 1. The van der Waals surface area contributed by atoms with Gasteiger partial charge in [0.25, 0.3) is 5.91 Å². The van der Waals surface area contributed by atoms with E-state index in [1.807, 2.05) is 6.07 Å². The second kappa shape index (κ2) is 6.70. The lowest BCUT2D eigenvalue weighted by Gasteiger charge is -2.46. The zero-order valence-corrected chi connectivity index (χ0v) is 14.6. The van der Waals surface area contributed by atoms with Crippen molar-refractivity contribution in [1.82, 2.24) is 9.80 Å². The van der Waals surface area contributed by atoms with Crippen LogP contribution in [0.25, 0.3) is 0 Å². The normalized spacial score (nSPS) is 26.7. The molecule has 2 fully saturated rings. The first kappa shape index (κ1) is 16.6. The molecule has 0 spiro atoms. The molecule has 4 nitrogen and oxygen atoms in total. The third kappa shape index (κ3) is 3.07. The Labute approximate surface area is 144 Å². The second-order valence-corrected chi connectivity index (χ2v) is 7.04. The number of nitrogens with one attached hydrogen (secondary N) is 1. The number of piperidine rings is 2. The Bertz CT molecular complexity index is 592. The van der Waals surface area contributed by atoms with Crippen LogP contribution in [0.1, 0.15) is 35.2 Å². The molecule has 1 aromatic rings. The quantitative estimate of drug-likeness (QED) is 0.857. The van der Waals surface area contributed by atoms with Gasteiger partial charge in [-0.15, -0.1) is 12.4 Å². The Morgan fingerprint density at radius 2 is 2.13 bits per heavy atom. The Balaban J connectivity index is 0.00000156. The molecule has 3 aliphatic heterocycles. The van der Waals surface area contributed by atoms with Crippen molar-refractivity contribution in [1.29, 1.82) is 0 Å². The fourth-order valence-electron chi connectivity index (χ4n) is 4.46. The summed E-state index contributed by atoms with van der Waals surface area (Å²) in [5.74, 6) is 0.883. The van der Waals surface area contributed by atoms with Crippen LogP contribution in [0.2, 0.25) is 0 Å². The molecule has 1 amide bonds. The van der Waals surface area contributed by atoms with Gasteiger partial charge in [-0.25, -0.2) is 0 Å². The molecule has 2 unspecified atom stereocenters. The second-order valence-electron chi connectivity index (χ2n) is 7.04. The molecule has 0 aliphatic carbocycles. The third-order valence-electron chi connectivity index (χ3n) is 5.69. The van der Waals surface area contributed by atoms with E-state index in [0.717, 1.165) is 38.0 Å². The topological polar surface area (TPSA) is 35.6 Å². The zero-order chi connectivity index (χ0) is 15.1. The summed E-state index contributed by atoms with van der Waals surface area (Å²) in [7, 11) is 2.24. The molecule has 0 saturated carbocycles. The van der Waals surface area contributed by atoms with Crippen LogP contribution in [0.4, 0.5) is 5.69 Å². The predicted molar refractivity (Wildman–Crippen MR) is 95.5 cm³/mol. The van der Waals surface area contributed by atoms with E-state index in [0.29, 0.717) is 12.0 Å². The average molecular weight is 336 g/mol. The van der Waals surface area contributed by atoms with Crippen molar-refractivity contribution in [3.05, 3.63) is 29.3 Å². The van der Waals surface area contributed by atoms with Gasteiger partial charge in [0.1, 0.15) is 0 Å². The Morgan fingerprint density at radius 3 is 3.00 bits per heavy atom. The van der Waals surface area contributed by atoms with Gasteiger partial charge in [-0.2, -0.15) is 0 Å². The summed E-state index contributed by atoms with van der Waals surface area (Å²) in [6.07, 6.45) is 4.70. The van der Waals surface area contributed by atoms with Crippen molar-refractivity contribution in [2.75, 3.05) is 38.5 Å². The summed E-state index contributed by atoms with van der Waals surface area (Å²) in [6.45, 7) is 4.04. The summed E-state index contributed by atoms with van der Waals surface area (Å²) in [5, 5.41) is 3.36. The van der Waals surface area contributed by atoms with E-state index in [-0.39, 0.29) is 18.3 Å². The van der Waals surface area contributed by atoms with Crippen LogP contribution in [0.5, 0.6) is 0 Å². The van der Waals surface area contributed by atoms with E-state index in [9.17, 15) is 4.79 Å². The molecule has 1 aromatic carbocycles. The van der Waals surface area contributed by atoms with Gasteiger partial charge in [-0.3, -0.25) is 4.79 Å². The molecule has 4 rings (SSSR count). The van der Waals surface area contributed by atoms with Gasteiger partial charge in [0.2, 0.25) is 0 Å². The molecule has 0 aromatic heterocycles. The van der Waals surface area contributed by atoms with Gasteiger partial charge in [-0.05, 0) is 69.0 Å². The lowest BCUT2D eigenvalue weighted by atomic mass is 9.84. The summed E-state index contributed by atoms with van der Waals surface area (Å²) >= 11 is 0. The molecule has 5 heteroatoms. The molecule has 3 heterocycles. The van der Waals surface area contributed by atoms with Crippen LogP contribution in [-0.2, 0) is 6.42 Å². The molecule has 2 saturated heterocycles. The first-order chi connectivity index (χ1) is 10.7. The number of carbonyl (C=O) groups excluding carboxylic acids is 1. The van der Waals surface area contributed by atoms with Crippen LogP contribution >= 0.6 is 12.4 Å². The largest absolute Gasteiger partial charge is 0.384 e. The molecule has 1 N–H and O–H groups in total. The smallest absolute Gasteiger partial charge is 0.253 e. The summed E-state index contributed by atoms with van der Waals surface area (Å²) in [6, 6.07) is 6.83. The first-order valence-corrected chi connectivity index (χ1v) is 8.59. The Kier molecular flexibility index (Phi) is 4.83. The SMILES string of the molecule is CN1CCCC2CN(C(=O)c3ccc4c(c3)CCN4)CCC21.Cl. The average Bonchev–Trinajstić information content (AvgIpc) is 3.01. The maximum Gasteiger partial charge on any atom is 0.253 e. The number of hydrogen-bond donors (Lipinski definition) is 1. The number of fused-ring (bicyclic) bond motifs is 2. The minimum absolute atomic E-state index is 0. The minimum atomic E-state index is 0. The first-order valence-electron chi connectivity index (χ1n) is 8.59. The number of carbonyl (C=O) groups is 1. The molecular formula is C18H26ClN3O.